The second-order valence-electron chi connectivity index (χ2n) is 3.14. The maximum atomic E-state index is 11.4. The number of carbonyl (C=O) groups is 1. The number of anilines is 1. The van der Waals surface area contributed by atoms with Gasteiger partial charge in [-0.05, 0) is 19.1 Å². The van der Waals surface area contributed by atoms with Gasteiger partial charge in [-0.15, -0.1) is 0 Å². The van der Waals surface area contributed by atoms with Crippen LogP contribution in [0.5, 0.6) is 0 Å². The molecule has 0 aliphatic carbocycles. The molecule has 2 aromatic rings. The number of allylic oxidation sites excluding steroid dienone is 1. The summed E-state index contributed by atoms with van der Waals surface area (Å²) in [5, 5.41) is 6.51. The summed E-state index contributed by atoms with van der Waals surface area (Å²) in [7, 11) is 0. The van der Waals surface area contributed by atoms with E-state index in [1.54, 1.807) is 25.1 Å². The molecule has 2 rings (SSSR count). The number of aromatic nitrogens is 1. The van der Waals surface area contributed by atoms with Crippen LogP contribution in [0.4, 0.5) is 5.82 Å². The van der Waals surface area contributed by atoms with Gasteiger partial charge in [0.1, 0.15) is 5.76 Å². The van der Waals surface area contributed by atoms with Crippen molar-refractivity contribution in [3.05, 3.63) is 48.3 Å². The molecule has 82 valence electrons. The lowest BCUT2D eigenvalue weighted by Crippen LogP contribution is -1.94. The van der Waals surface area contributed by atoms with Gasteiger partial charge in [-0.25, -0.2) is 0 Å². The highest BCUT2D eigenvalue weighted by atomic mass is 16.5. The van der Waals surface area contributed by atoms with Gasteiger partial charge in [0.15, 0.2) is 11.6 Å². The second kappa shape index (κ2) is 4.48. The first kappa shape index (κ1) is 10.2. The highest BCUT2D eigenvalue weighted by Gasteiger charge is 2.03. The zero-order valence-electron chi connectivity index (χ0n) is 8.64. The Bertz CT molecular complexity index is 497. The van der Waals surface area contributed by atoms with Gasteiger partial charge in [0.2, 0.25) is 5.78 Å². The molecular formula is C11H10N2O3. The highest BCUT2D eigenvalue weighted by molar-refractivity contribution is 6.02. The lowest BCUT2D eigenvalue weighted by molar-refractivity contribution is 0.102. The molecule has 5 heteroatoms. The van der Waals surface area contributed by atoms with Crippen molar-refractivity contribution >= 4 is 11.6 Å². The van der Waals surface area contributed by atoms with Crippen LogP contribution in [0, 0.1) is 6.92 Å². The van der Waals surface area contributed by atoms with Crippen LogP contribution in [-0.2, 0) is 0 Å². The molecule has 1 N–H and O–H groups in total. The van der Waals surface area contributed by atoms with Gasteiger partial charge in [0, 0.05) is 18.3 Å². The fraction of sp³-hybridized carbons (Fsp3) is 0.0909. The Morgan fingerprint density at radius 1 is 1.56 bits per heavy atom. The number of ketones is 1. The predicted octanol–water partition coefficient (Wildman–Crippen LogP) is 2.38. The summed E-state index contributed by atoms with van der Waals surface area (Å²) in [5.41, 5.74) is 0. The number of aryl methyl sites for hydroxylation is 1. The summed E-state index contributed by atoms with van der Waals surface area (Å²) in [4.78, 5) is 11.4. The van der Waals surface area contributed by atoms with E-state index in [0.717, 1.165) is 0 Å². The van der Waals surface area contributed by atoms with E-state index < -0.39 is 0 Å². The average molecular weight is 218 g/mol. The Morgan fingerprint density at radius 3 is 3.06 bits per heavy atom. The third-order valence-corrected chi connectivity index (χ3v) is 1.86. The summed E-state index contributed by atoms with van der Waals surface area (Å²) in [6.45, 7) is 1.79. The minimum absolute atomic E-state index is 0.210. The molecule has 0 fully saturated rings. The minimum Gasteiger partial charge on any atom is -0.461 e. The van der Waals surface area contributed by atoms with Crippen LogP contribution in [0.3, 0.4) is 0 Å². The molecule has 0 bridgehead atoms. The topological polar surface area (TPSA) is 68.3 Å². The number of carbonyl (C=O) groups excluding carboxylic acids is 1. The van der Waals surface area contributed by atoms with Crippen LogP contribution in [0.2, 0.25) is 0 Å². The fourth-order valence-electron chi connectivity index (χ4n) is 1.14. The van der Waals surface area contributed by atoms with Gasteiger partial charge < -0.3 is 14.3 Å². The molecule has 0 radical (unpaired) electrons. The third-order valence-electron chi connectivity index (χ3n) is 1.86. The summed E-state index contributed by atoms with van der Waals surface area (Å²) < 4.78 is 9.78. The minimum atomic E-state index is -0.210. The predicted molar refractivity (Wildman–Crippen MR) is 57.0 cm³/mol. The van der Waals surface area contributed by atoms with Crippen molar-refractivity contribution in [2.24, 2.45) is 0 Å². The molecule has 16 heavy (non-hydrogen) atoms. The van der Waals surface area contributed by atoms with Crippen LogP contribution in [0.15, 0.2) is 45.7 Å². The number of nitrogens with one attached hydrogen (secondary N) is 1. The zero-order valence-corrected chi connectivity index (χ0v) is 8.64. The molecule has 0 aromatic carbocycles. The first-order chi connectivity index (χ1) is 7.75. The lowest BCUT2D eigenvalue weighted by atomic mass is 10.3. The Hall–Kier alpha value is -2.30. The smallest absolute Gasteiger partial charge is 0.222 e. The molecular weight excluding hydrogens is 208 g/mol. The van der Waals surface area contributed by atoms with Gasteiger partial charge in [-0.2, -0.15) is 0 Å². The Labute approximate surface area is 91.7 Å². The molecule has 5 nitrogen and oxygen atoms in total. The number of hydrogen-bond acceptors (Lipinski definition) is 5. The molecule has 0 amide bonds. The van der Waals surface area contributed by atoms with E-state index in [1.165, 1.54) is 18.5 Å². The zero-order chi connectivity index (χ0) is 11.4. The van der Waals surface area contributed by atoms with E-state index in [0.29, 0.717) is 17.3 Å². The van der Waals surface area contributed by atoms with Gasteiger partial charge >= 0.3 is 0 Å². The van der Waals surface area contributed by atoms with Crippen LogP contribution >= 0.6 is 0 Å². The quantitative estimate of drug-likeness (QED) is 0.630. The average Bonchev–Trinajstić information content (AvgIpc) is 2.89. The Kier molecular flexibility index (Phi) is 2.86. The standard InChI is InChI=1S/C11H10N2O3/c1-8-7-11(13-16-8)12-5-4-9(14)10-3-2-6-15-10/h2-7H,1H3,(H,12,13)/b5-4+. The van der Waals surface area contributed by atoms with Crippen LogP contribution in [0.1, 0.15) is 16.3 Å². The SMILES string of the molecule is Cc1cc(N/C=C/C(=O)c2ccco2)no1. The number of furan rings is 1. The van der Waals surface area contributed by atoms with Crippen LogP contribution in [0.25, 0.3) is 0 Å². The molecule has 0 atom stereocenters. The third kappa shape index (κ3) is 2.38. The first-order valence-corrected chi connectivity index (χ1v) is 4.70. The van der Waals surface area contributed by atoms with Crippen molar-refractivity contribution in [2.45, 2.75) is 6.92 Å². The van der Waals surface area contributed by atoms with E-state index in [2.05, 4.69) is 10.5 Å². The largest absolute Gasteiger partial charge is 0.461 e. The number of nitrogens with zero attached hydrogens (tertiary/aromatic N) is 1. The maximum Gasteiger partial charge on any atom is 0.222 e. The monoisotopic (exact) mass is 218 g/mol. The maximum absolute atomic E-state index is 11.4. The van der Waals surface area contributed by atoms with E-state index in [4.69, 9.17) is 8.94 Å². The summed E-state index contributed by atoms with van der Waals surface area (Å²) >= 11 is 0. The van der Waals surface area contributed by atoms with Crippen molar-refractivity contribution in [1.29, 1.82) is 0 Å². The molecule has 0 unspecified atom stereocenters. The second-order valence-corrected chi connectivity index (χ2v) is 3.14. The normalized spacial score (nSPS) is 10.8. The van der Waals surface area contributed by atoms with Gasteiger partial charge in [0.25, 0.3) is 0 Å². The van der Waals surface area contributed by atoms with Crippen LogP contribution < -0.4 is 5.32 Å². The lowest BCUT2D eigenvalue weighted by Gasteiger charge is -1.91. The fourth-order valence-corrected chi connectivity index (χ4v) is 1.14. The number of rotatable bonds is 4. The van der Waals surface area contributed by atoms with E-state index in [9.17, 15) is 4.79 Å². The van der Waals surface area contributed by atoms with Crippen molar-refractivity contribution in [2.75, 3.05) is 5.32 Å². The summed E-state index contributed by atoms with van der Waals surface area (Å²) in [5.74, 6) is 1.35. The van der Waals surface area contributed by atoms with E-state index in [-0.39, 0.29) is 5.78 Å². The van der Waals surface area contributed by atoms with Gasteiger partial charge in [-0.3, -0.25) is 4.79 Å². The van der Waals surface area contributed by atoms with Crippen molar-refractivity contribution < 1.29 is 13.7 Å². The molecule has 0 aliphatic heterocycles. The first-order valence-electron chi connectivity index (χ1n) is 4.70. The Balaban J connectivity index is 1.93. The van der Waals surface area contributed by atoms with Crippen molar-refractivity contribution in [3.63, 3.8) is 0 Å². The van der Waals surface area contributed by atoms with Gasteiger partial charge in [0.05, 0.1) is 6.26 Å². The molecule has 0 spiro atoms. The van der Waals surface area contributed by atoms with Crippen molar-refractivity contribution in [3.8, 4) is 0 Å². The molecule has 0 aliphatic rings. The van der Waals surface area contributed by atoms with E-state index >= 15 is 0 Å². The molecule has 2 aromatic heterocycles. The van der Waals surface area contributed by atoms with Gasteiger partial charge in [-0.1, -0.05) is 5.16 Å². The number of hydrogen-bond donors (Lipinski definition) is 1. The Morgan fingerprint density at radius 2 is 2.44 bits per heavy atom. The summed E-state index contributed by atoms with van der Waals surface area (Å²) in [6.07, 6.45) is 4.31. The van der Waals surface area contributed by atoms with Crippen molar-refractivity contribution in [1.82, 2.24) is 5.16 Å². The molecule has 0 saturated heterocycles. The molecule has 0 saturated carbocycles. The van der Waals surface area contributed by atoms with Crippen LogP contribution in [-0.4, -0.2) is 10.9 Å². The summed E-state index contributed by atoms with van der Waals surface area (Å²) in [6, 6.07) is 4.99. The molecule has 2 heterocycles. The highest BCUT2D eigenvalue weighted by Crippen LogP contribution is 2.07. The van der Waals surface area contributed by atoms with E-state index in [1.807, 2.05) is 0 Å².